The van der Waals surface area contributed by atoms with Gasteiger partial charge in [-0.1, -0.05) is 40.5 Å². The molecule has 0 unspecified atom stereocenters. The van der Waals surface area contributed by atoms with Crippen molar-refractivity contribution in [2.75, 3.05) is 13.2 Å². The molecule has 0 spiro atoms. The topological polar surface area (TPSA) is 64.6 Å². The van der Waals surface area contributed by atoms with Gasteiger partial charge in [0.05, 0.1) is 13.2 Å². The molecule has 0 bridgehead atoms. The zero-order chi connectivity index (χ0) is 15.2. The van der Waals surface area contributed by atoms with E-state index in [4.69, 9.17) is 9.47 Å². The molecule has 0 heterocycles. The average molecular weight is 285 g/mol. The molecular weight excluding hydrogens is 258 g/mol. The van der Waals surface area contributed by atoms with Crippen molar-refractivity contribution in [1.29, 1.82) is 0 Å². The number of esters is 1. The Morgan fingerprint density at radius 2 is 1.50 bits per heavy atom. The number of carbonyl (C=O) groups is 2. The van der Waals surface area contributed by atoms with Gasteiger partial charge in [-0.15, -0.1) is 0 Å². The zero-order valence-electron chi connectivity index (χ0n) is 13.0. The smallest absolute Gasteiger partial charge is 0.408 e. The van der Waals surface area contributed by atoms with Crippen LogP contribution >= 0.6 is 0 Å². The summed E-state index contributed by atoms with van der Waals surface area (Å²) >= 11 is 0. The van der Waals surface area contributed by atoms with Crippen LogP contribution in [0.15, 0.2) is 0 Å². The molecular formula is C15H27NO4. The summed E-state index contributed by atoms with van der Waals surface area (Å²) in [4.78, 5) is 24.1. The van der Waals surface area contributed by atoms with Gasteiger partial charge in [0.2, 0.25) is 0 Å². The summed E-state index contributed by atoms with van der Waals surface area (Å²) in [5.74, 6) is 0.226. The van der Waals surface area contributed by atoms with Crippen LogP contribution in [0.2, 0.25) is 0 Å². The van der Waals surface area contributed by atoms with Crippen LogP contribution in [-0.4, -0.2) is 30.8 Å². The highest BCUT2D eigenvalue weighted by Gasteiger charge is 2.44. The van der Waals surface area contributed by atoms with E-state index in [1.807, 2.05) is 27.7 Å². The molecule has 0 atom stereocenters. The van der Waals surface area contributed by atoms with Gasteiger partial charge in [0.15, 0.2) is 0 Å². The Bertz CT molecular complexity index is 333. The van der Waals surface area contributed by atoms with E-state index >= 15 is 0 Å². The molecule has 0 aromatic carbocycles. The highest BCUT2D eigenvalue weighted by atomic mass is 16.6. The van der Waals surface area contributed by atoms with Crippen molar-refractivity contribution in [2.24, 2.45) is 11.8 Å². The molecule has 0 saturated heterocycles. The van der Waals surface area contributed by atoms with Crippen molar-refractivity contribution < 1.29 is 19.1 Å². The van der Waals surface area contributed by atoms with Crippen LogP contribution in [0.1, 0.15) is 53.4 Å². The van der Waals surface area contributed by atoms with Crippen LogP contribution in [-0.2, 0) is 14.3 Å². The van der Waals surface area contributed by atoms with Gasteiger partial charge < -0.3 is 14.8 Å². The average Bonchev–Trinajstić information content (AvgIpc) is 2.83. The third-order valence-electron chi connectivity index (χ3n) is 3.28. The standard InChI is InChI=1S/C15H27NO4/c1-11(2)9-19-13(17)15(7-5-6-8-15)16-14(18)20-10-12(3)4/h11-12H,5-10H2,1-4H3,(H,16,18). The van der Waals surface area contributed by atoms with Crippen LogP contribution in [0, 0.1) is 11.8 Å². The lowest BCUT2D eigenvalue weighted by molar-refractivity contribution is -0.152. The normalized spacial score (nSPS) is 17.3. The van der Waals surface area contributed by atoms with Gasteiger partial charge in [-0.3, -0.25) is 0 Å². The van der Waals surface area contributed by atoms with E-state index in [2.05, 4.69) is 5.32 Å². The lowest BCUT2D eigenvalue weighted by atomic mass is 9.98. The molecule has 1 aliphatic carbocycles. The SMILES string of the molecule is CC(C)COC(=O)NC1(C(=O)OCC(C)C)CCCC1. The summed E-state index contributed by atoms with van der Waals surface area (Å²) in [5, 5.41) is 2.74. The number of carbonyl (C=O) groups excluding carboxylic acids is 2. The molecule has 1 N–H and O–H groups in total. The highest BCUT2D eigenvalue weighted by Crippen LogP contribution is 2.31. The van der Waals surface area contributed by atoms with Gasteiger partial charge in [0.1, 0.15) is 5.54 Å². The molecule has 1 fully saturated rings. The predicted molar refractivity (Wildman–Crippen MR) is 76.3 cm³/mol. The van der Waals surface area contributed by atoms with E-state index in [1.165, 1.54) is 0 Å². The van der Waals surface area contributed by atoms with Crippen molar-refractivity contribution in [1.82, 2.24) is 5.32 Å². The Morgan fingerprint density at radius 3 is 2.00 bits per heavy atom. The second-order valence-electron chi connectivity index (χ2n) is 6.40. The van der Waals surface area contributed by atoms with Crippen molar-refractivity contribution >= 4 is 12.1 Å². The fourth-order valence-corrected chi connectivity index (χ4v) is 2.21. The quantitative estimate of drug-likeness (QED) is 0.762. The maximum absolute atomic E-state index is 12.3. The zero-order valence-corrected chi connectivity index (χ0v) is 13.0. The van der Waals surface area contributed by atoms with E-state index in [-0.39, 0.29) is 17.8 Å². The molecule has 1 rings (SSSR count). The Labute approximate surface area is 121 Å². The number of hydrogen-bond acceptors (Lipinski definition) is 4. The van der Waals surface area contributed by atoms with Gasteiger partial charge in [-0.25, -0.2) is 9.59 Å². The molecule has 0 aromatic heterocycles. The molecule has 0 aliphatic heterocycles. The van der Waals surface area contributed by atoms with Crippen molar-refractivity contribution in [3.8, 4) is 0 Å². The number of amides is 1. The first-order valence-electron chi connectivity index (χ1n) is 7.48. The van der Waals surface area contributed by atoms with E-state index in [1.54, 1.807) is 0 Å². The van der Waals surface area contributed by atoms with Crippen LogP contribution < -0.4 is 5.32 Å². The molecule has 1 saturated carbocycles. The molecule has 1 aliphatic rings. The molecule has 5 nitrogen and oxygen atoms in total. The molecule has 5 heteroatoms. The summed E-state index contributed by atoms with van der Waals surface area (Å²) < 4.78 is 10.4. The summed E-state index contributed by atoms with van der Waals surface area (Å²) in [5.41, 5.74) is -0.886. The van der Waals surface area contributed by atoms with E-state index in [9.17, 15) is 9.59 Å². The minimum atomic E-state index is -0.886. The predicted octanol–water partition coefficient (Wildman–Crippen LogP) is 2.88. The molecule has 0 aromatic rings. The van der Waals surface area contributed by atoms with Crippen molar-refractivity contribution in [3.63, 3.8) is 0 Å². The van der Waals surface area contributed by atoms with Crippen molar-refractivity contribution in [3.05, 3.63) is 0 Å². The number of ether oxygens (including phenoxy) is 2. The lowest BCUT2D eigenvalue weighted by Crippen LogP contribution is -2.53. The van der Waals surface area contributed by atoms with Gasteiger partial charge in [-0.05, 0) is 24.7 Å². The third kappa shape index (κ3) is 5.02. The van der Waals surface area contributed by atoms with E-state index in [0.29, 0.717) is 26.1 Å². The van der Waals surface area contributed by atoms with Crippen molar-refractivity contribution in [2.45, 2.75) is 58.9 Å². The molecule has 116 valence electrons. The molecule has 20 heavy (non-hydrogen) atoms. The lowest BCUT2D eigenvalue weighted by Gasteiger charge is -2.28. The van der Waals surface area contributed by atoms with Gasteiger partial charge in [0, 0.05) is 0 Å². The van der Waals surface area contributed by atoms with Crippen LogP contribution in [0.3, 0.4) is 0 Å². The number of nitrogens with one attached hydrogen (secondary N) is 1. The summed E-state index contributed by atoms with van der Waals surface area (Å²) in [6.45, 7) is 8.63. The first-order chi connectivity index (χ1) is 9.35. The third-order valence-corrected chi connectivity index (χ3v) is 3.28. The first-order valence-corrected chi connectivity index (χ1v) is 7.48. The number of alkyl carbamates (subject to hydrolysis) is 1. The van der Waals surface area contributed by atoms with Gasteiger partial charge in [0.25, 0.3) is 0 Å². The van der Waals surface area contributed by atoms with Gasteiger partial charge >= 0.3 is 12.1 Å². The monoisotopic (exact) mass is 285 g/mol. The fourth-order valence-electron chi connectivity index (χ4n) is 2.21. The minimum absolute atomic E-state index is 0.271. The number of hydrogen-bond donors (Lipinski definition) is 1. The van der Waals surface area contributed by atoms with Gasteiger partial charge in [-0.2, -0.15) is 0 Å². The summed E-state index contributed by atoms with van der Waals surface area (Å²) in [6.07, 6.45) is 2.56. The Hall–Kier alpha value is -1.26. The molecule has 1 amide bonds. The maximum atomic E-state index is 12.3. The summed E-state index contributed by atoms with van der Waals surface area (Å²) in [6, 6.07) is 0. The largest absolute Gasteiger partial charge is 0.464 e. The van der Waals surface area contributed by atoms with E-state index in [0.717, 1.165) is 12.8 Å². The van der Waals surface area contributed by atoms with Crippen LogP contribution in [0.25, 0.3) is 0 Å². The Balaban J connectivity index is 2.57. The first kappa shape index (κ1) is 16.8. The highest BCUT2D eigenvalue weighted by molar-refractivity contribution is 5.86. The molecule has 0 radical (unpaired) electrons. The van der Waals surface area contributed by atoms with E-state index < -0.39 is 11.6 Å². The second-order valence-corrected chi connectivity index (χ2v) is 6.40. The number of rotatable bonds is 6. The maximum Gasteiger partial charge on any atom is 0.408 e. The second kappa shape index (κ2) is 7.50. The minimum Gasteiger partial charge on any atom is -0.464 e. The fraction of sp³-hybridized carbons (Fsp3) is 0.867. The Morgan fingerprint density at radius 1 is 1.00 bits per heavy atom. The van der Waals surface area contributed by atoms with Crippen LogP contribution in [0.5, 0.6) is 0 Å². The van der Waals surface area contributed by atoms with Crippen LogP contribution in [0.4, 0.5) is 4.79 Å². The Kier molecular flexibility index (Phi) is 6.30. The summed E-state index contributed by atoms with van der Waals surface area (Å²) in [7, 11) is 0.